The van der Waals surface area contributed by atoms with Crippen LogP contribution >= 0.6 is 0 Å². The number of nitrogens with one attached hydrogen (secondary N) is 1. The number of hydrogen-bond acceptors (Lipinski definition) is 2. The molecule has 1 heterocycles. The molecule has 2 rings (SSSR count). The van der Waals surface area contributed by atoms with Crippen molar-refractivity contribution in [3.8, 4) is 0 Å². The molecule has 0 aromatic heterocycles. The van der Waals surface area contributed by atoms with E-state index in [1.807, 2.05) is 0 Å². The number of nitrogens with zero attached hydrogens (tertiary/aromatic N) is 1. The van der Waals surface area contributed by atoms with Gasteiger partial charge in [0.05, 0.1) is 0 Å². The SMILES string of the molecule is CC(C)CNCCC(C)N1CCc2ccccc21. The second-order valence-electron chi connectivity index (χ2n) is 5.81. The molecule has 2 nitrogen and oxygen atoms in total. The first-order valence-corrected chi connectivity index (χ1v) is 7.23. The highest BCUT2D eigenvalue weighted by molar-refractivity contribution is 5.58. The van der Waals surface area contributed by atoms with Crippen molar-refractivity contribution in [2.75, 3.05) is 24.5 Å². The third-order valence-electron chi connectivity index (χ3n) is 3.75. The fraction of sp³-hybridized carbons (Fsp3) is 0.625. The van der Waals surface area contributed by atoms with Gasteiger partial charge in [-0.2, -0.15) is 0 Å². The van der Waals surface area contributed by atoms with E-state index >= 15 is 0 Å². The molecule has 1 aliphatic rings. The van der Waals surface area contributed by atoms with E-state index in [1.165, 1.54) is 30.6 Å². The van der Waals surface area contributed by atoms with E-state index in [2.05, 4.69) is 55.3 Å². The first-order chi connectivity index (χ1) is 8.68. The Hall–Kier alpha value is -1.02. The zero-order valence-electron chi connectivity index (χ0n) is 11.9. The molecule has 1 aliphatic heterocycles. The Morgan fingerprint density at radius 3 is 2.78 bits per heavy atom. The van der Waals surface area contributed by atoms with E-state index in [-0.39, 0.29) is 0 Å². The Kier molecular flexibility index (Phi) is 4.65. The Morgan fingerprint density at radius 2 is 2.00 bits per heavy atom. The summed E-state index contributed by atoms with van der Waals surface area (Å²) in [5, 5.41) is 3.54. The van der Waals surface area contributed by atoms with Gasteiger partial charge in [-0.1, -0.05) is 32.0 Å². The summed E-state index contributed by atoms with van der Waals surface area (Å²) in [6, 6.07) is 9.46. The van der Waals surface area contributed by atoms with Crippen molar-refractivity contribution in [3.63, 3.8) is 0 Å². The first-order valence-electron chi connectivity index (χ1n) is 7.23. The Labute approximate surface area is 111 Å². The van der Waals surface area contributed by atoms with Crippen LogP contribution in [0.3, 0.4) is 0 Å². The van der Waals surface area contributed by atoms with Gasteiger partial charge in [0, 0.05) is 18.3 Å². The van der Waals surface area contributed by atoms with Gasteiger partial charge in [-0.25, -0.2) is 0 Å². The molecule has 1 aromatic carbocycles. The fourth-order valence-electron chi connectivity index (χ4n) is 2.68. The van der Waals surface area contributed by atoms with Gasteiger partial charge in [-0.05, 0) is 50.4 Å². The van der Waals surface area contributed by atoms with Crippen molar-refractivity contribution in [3.05, 3.63) is 29.8 Å². The smallest absolute Gasteiger partial charge is 0.0401 e. The molecule has 18 heavy (non-hydrogen) atoms. The molecule has 0 saturated carbocycles. The summed E-state index contributed by atoms with van der Waals surface area (Å²) >= 11 is 0. The molecule has 0 radical (unpaired) electrons. The maximum atomic E-state index is 3.54. The highest BCUT2D eigenvalue weighted by Crippen LogP contribution is 2.29. The molecule has 0 saturated heterocycles. The molecule has 1 N–H and O–H groups in total. The lowest BCUT2D eigenvalue weighted by molar-refractivity contribution is 0.511. The summed E-state index contributed by atoms with van der Waals surface area (Å²) in [5.41, 5.74) is 2.97. The Balaban J connectivity index is 1.82. The molecular weight excluding hydrogens is 220 g/mol. The zero-order valence-corrected chi connectivity index (χ0v) is 11.9. The largest absolute Gasteiger partial charge is 0.368 e. The number of benzene rings is 1. The van der Waals surface area contributed by atoms with Gasteiger partial charge in [-0.15, -0.1) is 0 Å². The van der Waals surface area contributed by atoms with Crippen LogP contribution in [0.1, 0.15) is 32.8 Å². The molecule has 1 atom stereocenters. The van der Waals surface area contributed by atoms with E-state index in [0.717, 1.165) is 19.0 Å². The van der Waals surface area contributed by atoms with Crippen molar-refractivity contribution in [2.45, 2.75) is 39.7 Å². The number of hydrogen-bond donors (Lipinski definition) is 1. The molecule has 0 amide bonds. The molecular formula is C16H26N2. The summed E-state index contributed by atoms with van der Waals surface area (Å²) < 4.78 is 0. The van der Waals surface area contributed by atoms with Crippen LogP contribution in [0.5, 0.6) is 0 Å². The normalized spacial score (nSPS) is 16.1. The first kappa shape index (κ1) is 13.4. The van der Waals surface area contributed by atoms with E-state index in [1.54, 1.807) is 0 Å². The second kappa shape index (κ2) is 6.24. The molecule has 100 valence electrons. The van der Waals surface area contributed by atoms with Crippen molar-refractivity contribution in [1.82, 2.24) is 5.32 Å². The highest BCUT2D eigenvalue weighted by Gasteiger charge is 2.22. The number of anilines is 1. The van der Waals surface area contributed by atoms with Crippen LogP contribution in [-0.2, 0) is 6.42 Å². The van der Waals surface area contributed by atoms with E-state index < -0.39 is 0 Å². The third-order valence-corrected chi connectivity index (χ3v) is 3.75. The molecule has 1 aromatic rings. The van der Waals surface area contributed by atoms with Gasteiger partial charge < -0.3 is 10.2 Å². The van der Waals surface area contributed by atoms with Crippen LogP contribution in [0.25, 0.3) is 0 Å². The zero-order chi connectivity index (χ0) is 13.0. The third kappa shape index (κ3) is 3.26. The molecule has 0 bridgehead atoms. The average molecular weight is 246 g/mol. The van der Waals surface area contributed by atoms with Crippen molar-refractivity contribution >= 4 is 5.69 Å². The van der Waals surface area contributed by atoms with Crippen LogP contribution in [0, 0.1) is 5.92 Å². The predicted molar refractivity (Wildman–Crippen MR) is 79.3 cm³/mol. The number of para-hydroxylation sites is 1. The molecule has 0 spiro atoms. The minimum absolute atomic E-state index is 0.633. The Bertz CT molecular complexity index is 373. The second-order valence-corrected chi connectivity index (χ2v) is 5.81. The van der Waals surface area contributed by atoms with Crippen LogP contribution < -0.4 is 10.2 Å². The summed E-state index contributed by atoms with van der Waals surface area (Å²) in [4.78, 5) is 2.56. The van der Waals surface area contributed by atoms with Gasteiger partial charge >= 0.3 is 0 Å². The summed E-state index contributed by atoms with van der Waals surface area (Å²) in [5.74, 6) is 0.743. The van der Waals surface area contributed by atoms with Crippen molar-refractivity contribution in [2.24, 2.45) is 5.92 Å². The lowest BCUT2D eigenvalue weighted by atomic mass is 10.1. The summed E-state index contributed by atoms with van der Waals surface area (Å²) in [7, 11) is 0. The summed E-state index contributed by atoms with van der Waals surface area (Å²) in [6.07, 6.45) is 2.43. The quantitative estimate of drug-likeness (QED) is 0.776. The maximum absolute atomic E-state index is 3.54. The Morgan fingerprint density at radius 1 is 1.22 bits per heavy atom. The van der Waals surface area contributed by atoms with Crippen LogP contribution in [0.2, 0.25) is 0 Å². The fourth-order valence-corrected chi connectivity index (χ4v) is 2.68. The lowest BCUT2D eigenvalue weighted by Gasteiger charge is -2.27. The van der Waals surface area contributed by atoms with Gasteiger partial charge in [-0.3, -0.25) is 0 Å². The highest BCUT2D eigenvalue weighted by atomic mass is 15.2. The minimum atomic E-state index is 0.633. The van der Waals surface area contributed by atoms with Crippen LogP contribution in [0.4, 0.5) is 5.69 Å². The number of fused-ring (bicyclic) bond motifs is 1. The van der Waals surface area contributed by atoms with Crippen molar-refractivity contribution in [1.29, 1.82) is 0 Å². The predicted octanol–water partition coefficient (Wildman–Crippen LogP) is 3.07. The van der Waals surface area contributed by atoms with E-state index in [4.69, 9.17) is 0 Å². The molecule has 0 fully saturated rings. The van der Waals surface area contributed by atoms with Gasteiger partial charge in [0.2, 0.25) is 0 Å². The van der Waals surface area contributed by atoms with Crippen molar-refractivity contribution < 1.29 is 0 Å². The lowest BCUT2D eigenvalue weighted by Crippen LogP contribution is -2.34. The molecule has 1 unspecified atom stereocenters. The minimum Gasteiger partial charge on any atom is -0.368 e. The van der Waals surface area contributed by atoms with Crippen LogP contribution in [-0.4, -0.2) is 25.7 Å². The standard InChI is InChI=1S/C16H26N2/c1-13(2)12-17-10-8-14(3)18-11-9-15-6-4-5-7-16(15)18/h4-7,13-14,17H,8-12H2,1-3H3. The van der Waals surface area contributed by atoms with Gasteiger partial charge in [0.25, 0.3) is 0 Å². The number of rotatable bonds is 6. The maximum Gasteiger partial charge on any atom is 0.0401 e. The summed E-state index contributed by atoms with van der Waals surface area (Å²) in [6.45, 7) is 10.3. The van der Waals surface area contributed by atoms with Crippen LogP contribution in [0.15, 0.2) is 24.3 Å². The van der Waals surface area contributed by atoms with E-state index in [0.29, 0.717) is 6.04 Å². The topological polar surface area (TPSA) is 15.3 Å². The molecule has 2 heteroatoms. The van der Waals surface area contributed by atoms with Gasteiger partial charge in [0.1, 0.15) is 0 Å². The monoisotopic (exact) mass is 246 g/mol. The average Bonchev–Trinajstić information content (AvgIpc) is 2.78. The van der Waals surface area contributed by atoms with Gasteiger partial charge in [0.15, 0.2) is 0 Å². The van der Waals surface area contributed by atoms with E-state index in [9.17, 15) is 0 Å². The molecule has 0 aliphatic carbocycles.